The number of anilines is 2. The summed E-state index contributed by atoms with van der Waals surface area (Å²) in [6.45, 7) is 6.49. The molecule has 0 saturated carbocycles. The van der Waals surface area contributed by atoms with Crippen LogP contribution in [-0.4, -0.2) is 15.9 Å². The fourth-order valence-corrected chi connectivity index (χ4v) is 2.57. The van der Waals surface area contributed by atoms with Gasteiger partial charge in [0.2, 0.25) is 5.95 Å². The first kappa shape index (κ1) is 17.6. The van der Waals surface area contributed by atoms with Crippen LogP contribution < -0.4 is 10.6 Å². The van der Waals surface area contributed by atoms with Crippen LogP contribution in [0.15, 0.2) is 54.6 Å². The van der Waals surface area contributed by atoms with E-state index in [1.165, 1.54) is 5.56 Å². The van der Waals surface area contributed by atoms with E-state index < -0.39 is 0 Å². The molecule has 0 aliphatic carbocycles. The molecule has 0 unspecified atom stereocenters. The summed E-state index contributed by atoms with van der Waals surface area (Å²) in [6, 6.07) is 17.6. The number of carbonyl (C=O) groups excluding carboxylic acids is 1. The number of hydrogen-bond donors (Lipinski definition) is 2. The average molecular weight is 346 g/mol. The number of amides is 1. The van der Waals surface area contributed by atoms with Gasteiger partial charge in [-0.15, -0.1) is 0 Å². The van der Waals surface area contributed by atoms with E-state index in [2.05, 4.69) is 51.8 Å². The molecule has 2 aromatic carbocycles. The van der Waals surface area contributed by atoms with Crippen LogP contribution in [0, 0.1) is 20.8 Å². The summed E-state index contributed by atoms with van der Waals surface area (Å²) in [6.07, 6.45) is 0. The Bertz CT molecular complexity index is 920. The molecule has 1 amide bonds. The fourth-order valence-electron chi connectivity index (χ4n) is 2.57. The summed E-state index contributed by atoms with van der Waals surface area (Å²) in [5.74, 6) is 0.194. The van der Waals surface area contributed by atoms with Crippen molar-refractivity contribution in [2.24, 2.45) is 0 Å². The third-order valence-electron chi connectivity index (χ3n) is 3.93. The molecule has 132 valence electrons. The van der Waals surface area contributed by atoms with Crippen LogP contribution in [0.2, 0.25) is 0 Å². The number of benzene rings is 2. The highest BCUT2D eigenvalue weighted by molar-refractivity contribution is 6.03. The lowest BCUT2D eigenvalue weighted by Crippen LogP contribution is -2.16. The van der Waals surface area contributed by atoms with E-state index in [1.54, 1.807) is 6.07 Å². The van der Waals surface area contributed by atoms with Crippen molar-refractivity contribution in [1.29, 1.82) is 0 Å². The molecule has 5 heteroatoms. The van der Waals surface area contributed by atoms with Crippen LogP contribution in [0.3, 0.4) is 0 Å². The molecule has 0 spiro atoms. The Hall–Kier alpha value is -3.21. The third-order valence-corrected chi connectivity index (χ3v) is 3.93. The van der Waals surface area contributed by atoms with E-state index in [-0.39, 0.29) is 5.91 Å². The van der Waals surface area contributed by atoms with Crippen molar-refractivity contribution < 1.29 is 4.79 Å². The summed E-state index contributed by atoms with van der Waals surface area (Å²) in [4.78, 5) is 21.2. The second kappa shape index (κ2) is 7.78. The second-order valence-electron chi connectivity index (χ2n) is 6.38. The number of hydrogen-bond acceptors (Lipinski definition) is 4. The summed E-state index contributed by atoms with van der Waals surface area (Å²) in [7, 11) is 0. The molecule has 0 fully saturated rings. The molecule has 2 N–H and O–H groups in total. The van der Waals surface area contributed by atoms with Gasteiger partial charge in [-0.25, -0.2) is 9.97 Å². The van der Waals surface area contributed by atoms with Gasteiger partial charge in [-0.2, -0.15) is 0 Å². The Morgan fingerprint density at radius 2 is 1.69 bits per heavy atom. The van der Waals surface area contributed by atoms with E-state index in [0.717, 1.165) is 22.5 Å². The molecule has 5 nitrogen and oxygen atoms in total. The van der Waals surface area contributed by atoms with Crippen molar-refractivity contribution in [1.82, 2.24) is 9.97 Å². The van der Waals surface area contributed by atoms with Gasteiger partial charge in [-0.1, -0.05) is 42.0 Å². The van der Waals surface area contributed by atoms with Crippen LogP contribution >= 0.6 is 0 Å². The Morgan fingerprint density at radius 3 is 2.42 bits per heavy atom. The minimum Gasteiger partial charge on any atom is -0.350 e. The number of nitrogens with zero attached hydrogens (tertiary/aromatic N) is 2. The van der Waals surface area contributed by atoms with E-state index in [1.807, 2.05) is 38.1 Å². The number of aryl methyl sites for hydroxylation is 3. The minimum absolute atomic E-state index is 0.250. The lowest BCUT2D eigenvalue weighted by Gasteiger charge is -2.09. The summed E-state index contributed by atoms with van der Waals surface area (Å²) in [5, 5.41) is 6.06. The molecule has 3 rings (SSSR count). The first-order chi connectivity index (χ1) is 12.5. The highest BCUT2D eigenvalue weighted by Gasteiger charge is 2.11. The number of rotatable bonds is 5. The zero-order valence-electron chi connectivity index (χ0n) is 15.2. The Kier molecular flexibility index (Phi) is 5.27. The van der Waals surface area contributed by atoms with E-state index in [0.29, 0.717) is 18.2 Å². The zero-order chi connectivity index (χ0) is 18.5. The SMILES string of the molecule is Cc1ccc(CNc2nc(C)cc(C(=O)Nc3cccc(C)c3)n2)cc1. The summed E-state index contributed by atoms with van der Waals surface area (Å²) < 4.78 is 0. The van der Waals surface area contributed by atoms with Crippen LogP contribution in [0.1, 0.15) is 32.9 Å². The molecule has 1 aromatic heterocycles. The van der Waals surface area contributed by atoms with Crippen molar-refractivity contribution in [2.45, 2.75) is 27.3 Å². The number of aromatic nitrogens is 2. The lowest BCUT2D eigenvalue weighted by molar-refractivity contribution is 0.102. The van der Waals surface area contributed by atoms with Gasteiger partial charge in [0, 0.05) is 17.9 Å². The number of nitrogens with one attached hydrogen (secondary N) is 2. The monoisotopic (exact) mass is 346 g/mol. The Labute approximate surface area is 153 Å². The van der Waals surface area contributed by atoms with Gasteiger partial charge in [0.1, 0.15) is 5.69 Å². The average Bonchev–Trinajstić information content (AvgIpc) is 2.61. The van der Waals surface area contributed by atoms with E-state index >= 15 is 0 Å². The normalized spacial score (nSPS) is 10.4. The first-order valence-corrected chi connectivity index (χ1v) is 8.53. The van der Waals surface area contributed by atoms with Gasteiger partial charge in [0.05, 0.1) is 0 Å². The molecule has 1 heterocycles. The maximum Gasteiger partial charge on any atom is 0.274 e. The van der Waals surface area contributed by atoms with Crippen molar-refractivity contribution >= 4 is 17.5 Å². The van der Waals surface area contributed by atoms with Crippen molar-refractivity contribution in [3.05, 3.63) is 82.7 Å². The van der Waals surface area contributed by atoms with Gasteiger partial charge in [-0.05, 0) is 50.1 Å². The van der Waals surface area contributed by atoms with Gasteiger partial charge in [0.25, 0.3) is 5.91 Å². The van der Waals surface area contributed by atoms with Gasteiger partial charge in [0.15, 0.2) is 0 Å². The van der Waals surface area contributed by atoms with Crippen LogP contribution in [0.4, 0.5) is 11.6 Å². The van der Waals surface area contributed by atoms with E-state index in [4.69, 9.17) is 0 Å². The van der Waals surface area contributed by atoms with E-state index in [9.17, 15) is 4.79 Å². The molecule has 0 aliphatic rings. The van der Waals surface area contributed by atoms with Crippen LogP contribution in [-0.2, 0) is 6.54 Å². The first-order valence-electron chi connectivity index (χ1n) is 8.53. The molecule has 0 bridgehead atoms. The van der Waals surface area contributed by atoms with Crippen molar-refractivity contribution in [3.8, 4) is 0 Å². The second-order valence-corrected chi connectivity index (χ2v) is 6.38. The summed E-state index contributed by atoms with van der Waals surface area (Å²) >= 11 is 0. The highest BCUT2D eigenvalue weighted by Crippen LogP contribution is 2.13. The largest absolute Gasteiger partial charge is 0.350 e. The molecule has 0 radical (unpaired) electrons. The lowest BCUT2D eigenvalue weighted by atomic mass is 10.1. The van der Waals surface area contributed by atoms with Crippen molar-refractivity contribution in [3.63, 3.8) is 0 Å². The molecule has 3 aromatic rings. The van der Waals surface area contributed by atoms with Gasteiger partial charge < -0.3 is 10.6 Å². The zero-order valence-corrected chi connectivity index (χ0v) is 15.2. The van der Waals surface area contributed by atoms with Crippen LogP contribution in [0.5, 0.6) is 0 Å². The number of carbonyl (C=O) groups is 1. The third kappa shape index (κ3) is 4.66. The minimum atomic E-state index is -0.250. The predicted octanol–water partition coefficient (Wildman–Crippen LogP) is 4.27. The summed E-state index contributed by atoms with van der Waals surface area (Å²) in [5.41, 5.74) is 5.26. The topological polar surface area (TPSA) is 66.9 Å². The molecular weight excluding hydrogens is 324 g/mol. The molecule has 0 atom stereocenters. The highest BCUT2D eigenvalue weighted by atomic mass is 16.1. The van der Waals surface area contributed by atoms with Crippen LogP contribution in [0.25, 0.3) is 0 Å². The van der Waals surface area contributed by atoms with Gasteiger partial charge >= 0.3 is 0 Å². The fraction of sp³-hybridized carbons (Fsp3) is 0.190. The molecular formula is C21H22N4O. The van der Waals surface area contributed by atoms with Crippen molar-refractivity contribution in [2.75, 3.05) is 10.6 Å². The molecule has 0 saturated heterocycles. The standard InChI is InChI=1S/C21H22N4O/c1-14-7-9-17(10-8-14)13-22-21-23-16(3)12-19(25-21)20(26)24-18-6-4-5-15(2)11-18/h4-12H,13H2,1-3H3,(H,24,26)(H,22,23,25). The molecule has 26 heavy (non-hydrogen) atoms. The predicted molar refractivity (Wildman–Crippen MR) is 104 cm³/mol. The van der Waals surface area contributed by atoms with Gasteiger partial charge in [-0.3, -0.25) is 4.79 Å². The quantitative estimate of drug-likeness (QED) is 0.724. The smallest absolute Gasteiger partial charge is 0.274 e. The Balaban J connectivity index is 1.72. The molecule has 0 aliphatic heterocycles. The maximum absolute atomic E-state index is 12.5. The Morgan fingerprint density at radius 1 is 0.923 bits per heavy atom. The maximum atomic E-state index is 12.5.